The Bertz CT molecular complexity index is 962. The molecule has 0 aliphatic heterocycles. The predicted molar refractivity (Wildman–Crippen MR) is 95.1 cm³/mol. The van der Waals surface area contributed by atoms with Crippen LogP contribution in [0.15, 0.2) is 42.5 Å². The molecule has 10 heteroatoms. The number of sulfonamides is 1. The molecule has 2 aromatic rings. The lowest BCUT2D eigenvalue weighted by Crippen LogP contribution is -2.38. The Labute approximate surface area is 149 Å². The van der Waals surface area contributed by atoms with Gasteiger partial charge in [0.1, 0.15) is 12.4 Å². The van der Waals surface area contributed by atoms with Crippen molar-refractivity contribution in [1.82, 2.24) is 0 Å². The van der Waals surface area contributed by atoms with Crippen LogP contribution in [0, 0.1) is 22.9 Å². The number of carbonyl (C=O) groups is 1. The number of carbonyl (C=O) groups excluding carboxylic acids is 1. The molecule has 8 nitrogen and oxygen atoms in total. The van der Waals surface area contributed by atoms with Gasteiger partial charge in [-0.25, -0.2) is 12.8 Å². The van der Waals surface area contributed by atoms with E-state index >= 15 is 0 Å². The molecular formula is C16H16FN3O5S. The second-order valence-corrected chi connectivity index (χ2v) is 7.38. The van der Waals surface area contributed by atoms with Crippen LogP contribution < -0.4 is 9.62 Å². The third-order valence-electron chi connectivity index (χ3n) is 3.58. The number of para-hydroxylation sites is 1. The van der Waals surface area contributed by atoms with Gasteiger partial charge in [-0.3, -0.25) is 19.2 Å². The number of nitro benzene ring substituents is 1. The number of rotatable bonds is 6. The zero-order valence-corrected chi connectivity index (χ0v) is 14.8. The van der Waals surface area contributed by atoms with Crippen molar-refractivity contribution < 1.29 is 22.5 Å². The first-order valence-electron chi connectivity index (χ1n) is 7.37. The molecule has 2 rings (SSSR count). The second kappa shape index (κ2) is 7.48. The van der Waals surface area contributed by atoms with Gasteiger partial charge < -0.3 is 5.32 Å². The number of nitro groups is 1. The van der Waals surface area contributed by atoms with Crippen LogP contribution in [-0.2, 0) is 14.8 Å². The quantitative estimate of drug-likeness (QED) is 0.610. The van der Waals surface area contributed by atoms with Gasteiger partial charge in [0, 0.05) is 6.07 Å². The molecule has 0 radical (unpaired) electrons. The van der Waals surface area contributed by atoms with E-state index in [9.17, 15) is 27.7 Å². The highest BCUT2D eigenvalue weighted by molar-refractivity contribution is 7.92. The SMILES string of the molecule is Cc1c(NC(=O)CN(c2ccccc2F)S(C)(=O)=O)cccc1[N+](=O)[O-]. The molecule has 0 bridgehead atoms. The summed E-state index contributed by atoms with van der Waals surface area (Å²) >= 11 is 0. The maximum atomic E-state index is 13.9. The molecule has 2 aromatic carbocycles. The molecular weight excluding hydrogens is 365 g/mol. The third kappa shape index (κ3) is 4.33. The summed E-state index contributed by atoms with van der Waals surface area (Å²) in [5, 5.41) is 13.4. The van der Waals surface area contributed by atoms with E-state index in [0.717, 1.165) is 12.3 Å². The Morgan fingerprint density at radius 1 is 1.23 bits per heavy atom. The lowest BCUT2D eigenvalue weighted by atomic mass is 10.1. The minimum atomic E-state index is -3.94. The van der Waals surface area contributed by atoms with E-state index in [2.05, 4.69) is 5.32 Å². The number of nitrogens with zero attached hydrogens (tertiary/aromatic N) is 2. The lowest BCUT2D eigenvalue weighted by molar-refractivity contribution is -0.385. The molecule has 0 spiro atoms. The highest BCUT2D eigenvalue weighted by atomic mass is 32.2. The smallest absolute Gasteiger partial charge is 0.274 e. The Morgan fingerprint density at radius 2 is 1.88 bits per heavy atom. The standard InChI is InChI=1S/C16H16FN3O5S/c1-11-13(7-5-9-14(11)20(22)23)18-16(21)10-19(26(2,24)25)15-8-4-3-6-12(15)17/h3-9H,10H2,1-2H3,(H,18,21). The van der Waals surface area contributed by atoms with Crippen LogP contribution in [0.2, 0.25) is 0 Å². The zero-order chi connectivity index (χ0) is 19.5. The molecule has 0 saturated heterocycles. The first kappa shape index (κ1) is 19.3. The van der Waals surface area contributed by atoms with Gasteiger partial charge >= 0.3 is 0 Å². The van der Waals surface area contributed by atoms with Gasteiger partial charge in [-0.2, -0.15) is 0 Å². The second-order valence-electron chi connectivity index (χ2n) is 5.48. The molecule has 0 atom stereocenters. The Hall–Kier alpha value is -3.01. The number of halogens is 1. The predicted octanol–water partition coefficient (Wildman–Crippen LogP) is 2.45. The van der Waals surface area contributed by atoms with Gasteiger partial charge in [0.25, 0.3) is 5.69 Å². The van der Waals surface area contributed by atoms with E-state index in [1.165, 1.54) is 43.3 Å². The van der Waals surface area contributed by atoms with E-state index in [1.54, 1.807) is 0 Å². The number of hydrogen-bond acceptors (Lipinski definition) is 5. The number of anilines is 2. The number of nitrogens with one attached hydrogen (secondary N) is 1. The summed E-state index contributed by atoms with van der Waals surface area (Å²) in [4.78, 5) is 22.6. The molecule has 1 amide bonds. The lowest BCUT2D eigenvalue weighted by Gasteiger charge is -2.22. The molecule has 26 heavy (non-hydrogen) atoms. The fourth-order valence-electron chi connectivity index (χ4n) is 2.31. The Morgan fingerprint density at radius 3 is 2.46 bits per heavy atom. The van der Waals surface area contributed by atoms with Crippen molar-refractivity contribution in [3.63, 3.8) is 0 Å². The van der Waals surface area contributed by atoms with Crippen molar-refractivity contribution in [3.8, 4) is 0 Å². The van der Waals surface area contributed by atoms with E-state index in [4.69, 9.17) is 0 Å². The molecule has 0 unspecified atom stereocenters. The van der Waals surface area contributed by atoms with Crippen LogP contribution in [0.3, 0.4) is 0 Å². The van der Waals surface area contributed by atoms with E-state index in [1.807, 2.05) is 0 Å². The van der Waals surface area contributed by atoms with Crippen molar-refractivity contribution in [1.29, 1.82) is 0 Å². The summed E-state index contributed by atoms with van der Waals surface area (Å²) in [7, 11) is -3.94. The average molecular weight is 381 g/mol. The molecule has 0 heterocycles. The molecule has 0 saturated carbocycles. The van der Waals surface area contributed by atoms with Crippen molar-refractivity contribution in [3.05, 3.63) is 64.0 Å². The first-order valence-corrected chi connectivity index (χ1v) is 9.22. The number of amides is 1. The van der Waals surface area contributed by atoms with Crippen molar-refractivity contribution >= 4 is 33.0 Å². The van der Waals surface area contributed by atoms with Crippen LogP contribution in [0.25, 0.3) is 0 Å². The van der Waals surface area contributed by atoms with Gasteiger partial charge in [-0.1, -0.05) is 18.2 Å². The fourth-order valence-corrected chi connectivity index (χ4v) is 3.17. The summed E-state index contributed by atoms with van der Waals surface area (Å²) < 4.78 is 38.5. The van der Waals surface area contributed by atoms with Crippen molar-refractivity contribution in [2.24, 2.45) is 0 Å². The van der Waals surface area contributed by atoms with Crippen LogP contribution in [0.1, 0.15) is 5.56 Å². The average Bonchev–Trinajstić information content (AvgIpc) is 2.54. The van der Waals surface area contributed by atoms with E-state index in [-0.39, 0.29) is 22.6 Å². The summed E-state index contributed by atoms with van der Waals surface area (Å²) in [6, 6.07) is 9.29. The number of benzene rings is 2. The van der Waals surface area contributed by atoms with E-state index < -0.39 is 33.2 Å². The Balaban J connectivity index is 2.29. The number of hydrogen-bond donors (Lipinski definition) is 1. The summed E-state index contributed by atoms with van der Waals surface area (Å²) in [6.45, 7) is 0.779. The maximum absolute atomic E-state index is 13.9. The van der Waals surface area contributed by atoms with Crippen LogP contribution in [0.5, 0.6) is 0 Å². The summed E-state index contributed by atoms with van der Waals surface area (Å²) in [5.74, 6) is -1.56. The summed E-state index contributed by atoms with van der Waals surface area (Å²) in [5.41, 5.74) is -0.0494. The minimum absolute atomic E-state index is 0.172. The van der Waals surface area contributed by atoms with Crippen LogP contribution >= 0.6 is 0 Å². The van der Waals surface area contributed by atoms with Crippen molar-refractivity contribution in [2.75, 3.05) is 22.4 Å². The van der Waals surface area contributed by atoms with Gasteiger partial charge in [0.2, 0.25) is 15.9 Å². The molecule has 0 aromatic heterocycles. The molecule has 0 aliphatic carbocycles. The van der Waals surface area contributed by atoms with Crippen LogP contribution in [0.4, 0.5) is 21.5 Å². The molecule has 1 N–H and O–H groups in total. The van der Waals surface area contributed by atoms with Crippen molar-refractivity contribution in [2.45, 2.75) is 6.92 Å². The minimum Gasteiger partial charge on any atom is -0.324 e. The van der Waals surface area contributed by atoms with Gasteiger partial charge in [0.05, 0.1) is 28.1 Å². The fraction of sp³-hybridized carbons (Fsp3) is 0.188. The van der Waals surface area contributed by atoms with Gasteiger partial charge in [-0.15, -0.1) is 0 Å². The van der Waals surface area contributed by atoms with Gasteiger partial charge in [0.15, 0.2) is 0 Å². The highest BCUT2D eigenvalue weighted by Gasteiger charge is 2.24. The normalized spacial score (nSPS) is 11.0. The largest absolute Gasteiger partial charge is 0.324 e. The van der Waals surface area contributed by atoms with Crippen LogP contribution in [-0.4, -0.2) is 32.0 Å². The third-order valence-corrected chi connectivity index (χ3v) is 4.71. The topological polar surface area (TPSA) is 110 Å². The first-order chi connectivity index (χ1) is 12.1. The van der Waals surface area contributed by atoms with Gasteiger partial charge in [-0.05, 0) is 25.1 Å². The highest BCUT2D eigenvalue weighted by Crippen LogP contribution is 2.26. The Kier molecular flexibility index (Phi) is 5.56. The molecule has 138 valence electrons. The van der Waals surface area contributed by atoms with E-state index in [0.29, 0.717) is 4.31 Å². The monoisotopic (exact) mass is 381 g/mol. The maximum Gasteiger partial charge on any atom is 0.274 e. The summed E-state index contributed by atoms with van der Waals surface area (Å²) in [6.07, 6.45) is 0.853. The zero-order valence-electron chi connectivity index (χ0n) is 14.0. The molecule has 0 fully saturated rings. The molecule has 0 aliphatic rings.